The summed E-state index contributed by atoms with van der Waals surface area (Å²) in [7, 11) is 0.487. The number of aryl methyl sites for hydroxylation is 1. The number of oxime groups is 1. The first-order valence-corrected chi connectivity index (χ1v) is 11.8. The van der Waals surface area contributed by atoms with E-state index in [0.29, 0.717) is 41.9 Å². The average Bonchev–Trinajstić information content (AvgIpc) is 3.18. The smallest absolute Gasteiger partial charge is 0.227 e. The van der Waals surface area contributed by atoms with Crippen molar-refractivity contribution in [2.45, 2.75) is 36.6 Å². The molecule has 164 valence electrons. The van der Waals surface area contributed by atoms with Gasteiger partial charge in [0.05, 0.1) is 27.8 Å². The molecule has 3 aliphatic rings. The van der Waals surface area contributed by atoms with E-state index in [4.69, 9.17) is 21.2 Å². The van der Waals surface area contributed by atoms with Gasteiger partial charge in [0.25, 0.3) is 0 Å². The van der Waals surface area contributed by atoms with E-state index in [1.165, 1.54) is 0 Å². The van der Waals surface area contributed by atoms with Crippen LogP contribution in [-0.2, 0) is 22.1 Å². The maximum atomic E-state index is 12.6. The van der Waals surface area contributed by atoms with Gasteiger partial charge in [0.1, 0.15) is 17.8 Å². The molecule has 1 saturated carbocycles. The van der Waals surface area contributed by atoms with Gasteiger partial charge in [0.15, 0.2) is 5.82 Å². The molecule has 9 nitrogen and oxygen atoms in total. The topological polar surface area (TPSA) is 105 Å². The van der Waals surface area contributed by atoms with Gasteiger partial charge in [0.2, 0.25) is 5.95 Å². The molecule has 32 heavy (non-hydrogen) atoms. The van der Waals surface area contributed by atoms with Crippen molar-refractivity contribution in [2.24, 2.45) is 5.16 Å². The Balaban J connectivity index is 1.35. The summed E-state index contributed by atoms with van der Waals surface area (Å²) in [5.41, 5.74) is 3.65. The van der Waals surface area contributed by atoms with Crippen LogP contribution in [0.5, 0.6) is 0 Å². The number of hydrogen-bond donors (Lipinski definition) is 1. The number of nitrogens with zero attached hydrogens (tertiary/aromatic N) is 6. The summed E-state index contributed by atoms with van der Waals surface area (Å²) in [6.07, 6.45) is 13.9. The zero-order chi connectivity index (χ0) is 22.1. The highest BCUT2D eigenvalue weighted by Crippen LogP contribution is 2.33. The molecule has 2 aromatic heterocycles. The van der Waals surface area contributed by atoms with Crippen molar-refractivity contribution in [1.29, 1.82) is 0 Å². The predicted molar refractivity (Wildman–Crippen MR) is 123 cm³/mol. The Kier molecular flexibility index (Phi) is 5.57. The van der Waals surface area contributed by atoms with Gasteiger partial charge in [-0.1, -0.05) is 17.2 Å². The van der Waals surface area contributed by atoms with Crippen molar-refractivity contribution in [2.75, 3.05) is 36.2 Å². The van der Waals surface area contributed by atoms with Crippen LogP contribution in [0.25, 0.3) is 5.57 Å². The molecular weight excluding hydrogens is 426 g/mol. The van der Waals surface area contributed by atoms with Crippen molar-refractivity contribution in [1.82, 2.24) is 19.9 Å². The lowest BCUT2D eigenvalue weighted by molar-refractivity contribution is 0.209. The highest BCUT2D eigenvalue weighted by atomic mass is 32.2. The lowest BCUT2D eigenvalue weighted by Crippen LogP contribution is -2.37. The van der Waals surface area contributed by atoms with E-state index in [2.05, 4.69) is 37.3 Å². The summed E-state index contributed by atoms with van der Waals surface area (Å²) < 4.78 is 12.6. The molecule has 1 aliphatic carbocycles. The van der Waals surface area contributed by atoms with Crippen molar-refractivity contribution < 1.29 is 9.05 Å². The third-order valence-electron chi connectivity index (χ3n) is 5.80. The monoisotopic (exact) mass is 449 g/mol. The second-order valence-corrected chi connectivity index (χ2v) is 9.41. The summed E-state index contributed by atoms with van der Waals surface area (Å²) in [6, 6.07) is 0.212. The molecule has 1 fully saturated rings. The number of fused-ring (bicyclic) bond motifs is 1. The van der Waals surface area contributed by atoms with Crippen molar-refractivity contribution >= 4 is 33.9 Å². The normalized spacial score (nSPS) is 21.8. The molecule has 0 radical (unpaired) electrons. The lowest BCUT2D eigenvalue weighted by Gasteiger charge is -2.30. The summed E-state index contributed by atoms with van der Waals surface area (Å²) in [5, 5.41) is 7.45. The molecule has 1 N–H and O–H groups in total. The molecule has 10 heteroatoms. The minimum Gasteiger partial charge on any atom is -0.399 e. The fraction of sp³-hybridized carbons (Fsp3) is 0.409. The van der Waals surface area contributed by atoms with Gasteiger partial charge >= 0.3 is 0 Å². The van der Waals surface area contributed by atoms with E-state index in [0.717, 1.165) is 47.7 Å². The Morgan fingerprint density at radius 1 is 1.28 bits per heavy atom. The fourth-order valence-corrected chi connectivity index (χ4v) is 5.37. The van der Waals surface area contributed by atoms with Crippen LogP contribution in [0.3, 0.4) is 0 Å². The number of rotatable bonds is 5. The maximum Gasteiger partial charge on any atom is 0.227 e. The van der Waals surface area contributed by atoms with Crippen LogP contribution >= 0.6 is 0 Å². The van der Waals surface area contributed by atoms with Crippen LogP contribution in [0.4, 0.5) is 11.8 Å². The second-order valence-electron chi connectivity index (χ2n) is 7.90. The van der Waals surface area contributed by atoms with Crippen LogP contribution in [-0.4, -0.2) is 61.9 Å². The van der Waals surface area contributed by atoms with Crippen molar-refractivity contribution in [3.05, 3.63) is 35.6 Å². The zero-order valence-corrected chi connectivity index (χ0v) is 18.6. The van der Waals surface area contributed by atoms with Crippen LogP contribution in [0.1, 0.15) is 36.3 Å². The number of hydrogen-bond acceptors (Lipinski definition) is 9. The van der Waals surface area contributed by atoms with E-state index in [9.17, 15) is 4.21 Å². The highest BCUT2D eigenvalue weighted by Gasteiger charge is 2.32. The fourth-order valence-electron chi connectivity index (χ4n) is 4.05. The first kappa shape index (κ1) is 20.6. The molecule has 2 aliphatic heterocycles. The first-order valence-electron chi connectivity index (χ1n) is 10.5. The van der Waals surface area contributed by atoms with Gasteiger partial charge in [-0.3, -0.25) is 4.21 Å². The van der Waals surface area contributed by atoms with Gasteiger partial charge in [-0.15, -0.1) is 6.42 Å². The second kappa shape index (κ2) is 8.67. The van der Waals surface area contributed by atoms with Gasteiger partial charge in [0, 0.05) is 56.5 Å². The minimum absolute atomic E-state index is 0.212. The summed E-state index contributed by atoms with van der Waals surface area (Å²) >= 11 is 0. The Bertz CT molecular complexity index is 1160. The predicted octanol–water partition coefficient (Wildman–Crippen LogP) is 1.78. The number of anilines is 2. The summed E-state index contributed by atoms with van der Waals surface area (Å²) in [6.45, 7) is 1.41. The largest absolute Gasteiger partial charge is 0.399 e. The molecule has 2 aromatic rings. The number of terminal acetylenes is 1. The molecular formula is C22H23N7O2S. The van der Waals surface area contributed by atoms with Gasteiger partial charge in [-0.25, -0.2) is 15.0 Å². The van der Waals surface area contributed by atoms with E-state index in [-0.39, 0.29) is 6.04 Å². The third-order valence-corrected chi connectivity index (χ3v) is 7.26. The Labute approximate surface area is 188 Å². The third kappa shape index (κ3) is 3.96. The lowest BCUT2D eigenvalue weighted by atomic mass is 9.90. The van der Waals surface area contributed by atoms with Crippen LogP contribution in [0.2, 0.25) is 0 Å². The van der Waals surface area contributed by atoms with Crippen molar-refractivity contribution in [3.63, 3.8) is 0 Å². The molecule has 0 bridgehead atoms. The Hall–Kier alpha value is -3.32. The summed E-state index contributed by atoms with van der Waals surface area (Å²) in [4.78, 5) is 26.0. The van der Waals surface area contributed by atoms with E-state index >= 15 is 0 Å². The van der Waals surface area contributed by atoms with Gasteiger partial charge in [-0.05, 0) is 12.0 Å². The quantitative estimate of drug-likeness (QED) is 0.544. The molecule has 0 unspecified atom stereocenters. The molecule has 4 heterocycles. The van der Waals surface area contributed by atoms with Gasteiger partial charge < -0.3 is 15.1 Å². The molecule has 0 saturated heterocycles. The molecule has 0 amide bonds. The van der Waals surface area contributed by atoms with E-state index in [1.54, 1.807) is 19.5 Å². The SMILES string of the molecule is C#Cc1cnc(C2=CCN(c3nc4c(c(NC5CC(=NOC)C5)n3)[S@](=O)CC4)CC2)nc1. The van der Waals surface area contributed by atoms with Crippen LogP contribution < -0.4 is 10.2 Å². The number of aromatic nitrogens is 4. The Morgan fingerprint density at radius 3 is 2.78 bits per heavy atom. The minimum atomic E-state index is -1.07. The van der Waals surface area contributed by atoms with Crippen LogP contribution in [0, 0.1) is 12.3 Å². The zero-order valence-electron chi connectivity index (χ0n) is 17.7. The van der Waals surface area contributed by atoms with E-state index in [1.807, 2.05) is 0 Å². The molecule has 1 atom stereocenters. The summed E-state index contributed by atoms with van der Waals surface area (Å²) in [5.74, 6) is 5.18. The molecule has 0 aromatic carbocycles. The average molecular weight is 450 g/mol. The van der Waals surface area contributed by atoms with Crippen LogP contribution in [0.15, 0.2) is 28.5 Å². The standard InChI is InChI=1S/C22H23N7O2S/c1-3-14-12-23-20(24-13-14)15-4-7-29(8-5-15)22-26-18-6-9-32(30)19(18)21(27-22)25-16-10-17(11-16)28-31-2/h1,4,12-13,16H,5-11H2,2H3,(H,25,26,27)/t16?,32-/m1/s1. The highest BCUT2D eigenvalue weighted by molar-refractivity contribution is 7.85. The molecule has 5 rings (SSSR count). The maximum absolute atomic E-state index is 12.6. The first-order chi connectivity index (χ1) is 15.6. The van der Waals surface area contributed by atoms with Crippen molar-refractivity contribution in [3.8, 4) is 12.3 Å². The Morgan fingerprint density at radius 2 is 2.09 bits per heavy atom. The number of nitrogens with one attached hydrogen (secondary N) is 1. The van der Waals surface area contributed by atoms with E-state index < -0.39 is 10.8 Å². The van der Waals surface area contributed by atoms with Gasteiger partial charge in [-0.2, -0.15) is 4.98 Å². The molecule has 0 spiro atoms.